The molecule has 0 aromatic carbocycles. The molecule has 0 unspecified atom stereocenters. The van der Waals surface area contributed by atoms with Crippen LogP contribution >= 0.6 is 11.3 Å². The maximum Gasteiger partial charge on any atom is 0.268 e. The van der Waals surface area contributed by atoms with Crippen molar-refractivity contribution < 1.29 is 4.79 Å². The highest BCUT2D eigenvalue weighted by Gasteiger charge is 2.10. The van der Waals surface area contributed by atoms with Crippen LogP contribution < -0.4 is 5.32 Å². The normalized spacial score (nSPS) is 10.4. The van der Waals surface area contributed by atoms with Gasteiger partial charge < -0.3 is 9.88 Å². The molecule has 3 nitrogen and oxygen atoms in total. The van der Waals surface area contributed by atoms with Crippen molar-refractivity contribution in [3.63, 3.8) is 0 Å². The van der Waals surface area contributed by atoms with E-state index in [2.05, 4.69) is 5.32 Å². The van der Waals surface area contributed by atoms with E-state index in [1.165, 1.54) is 4.88 Å². The van der Waals surface area contributed by atoms with E-state index < -0.39 is 0 Å². The number of hydrogen-bond acceptors (Lipinski definition) is 2. The summed E-state index contributed by atoms with van der Waals surface area (Å²) >= 11 is 1.65. The molecule has 0 aliphatic rings. The first-order chi connectivity index (χ1) is 7.68. The van der Waals surface area contributed by atoms with Crippen LogP contribution in [0.4, 0.5) is 0 Å². The Balaban J connectivity index is 2.01. The Morgan fingerprint density at radius 1 is 1.44 bits per heavy atom. The fraction of sp³-hybridized carbons (Fsp3) is 0.250. The number of aryl methyl sites for hydroxylation is 1. The van der Waals surface area contributed by atoms with Crippen LogP contribution in [0, 0.1) is 6.92 Å². The van der Waals surface area contributed by atoms with Crippen molar-refractivity contribution in [2.24, 2.45) is 7.05 Å². The monoisotopic (exact) mass is 234 g/mol. The summed E-state index contributed by atoms with van der Waals surface area (Å²) in [6.07, 6.45) is 0. The average molecular weight is 234 g/mol. The number of carbonyl (C=O) groups is 1. The Bertz CT molecular complexity index is 485. The average Bonchev–Trinajstić information content (AvgIpc) is 2.88. The Kier molecular flexibility index (Phi) is 3.10. The lowest BCUT2D eigenvalue weighted by molar-refractivity contribution is 0.0943. The van der Waals surface area contributed by atoms with Gasteiger partial charge in [0.1, 0.15) is 5.69 Å². The minimum atomic E-state index is -0.0241. The second-order valence-corrected chi connectivity index (χ2v) is 4.71. The molecule has 0 saturated carbocycles. The predicted molar refractivity (Wildman–Crippen MR) is 65.6 cm³/mol. The number of thiophene rings is 1. The molecule has 2 aromatic heterocycles. The van der Waals surface area contributed by atoms with Gasteiger partial charge in [-0.05, 0) is 30.5 Å². The molecule has 1 N–H and O–H groups in total. The summed E-state index contributed by atoms with van der Waals surface area (Å²) in [4.78, 5) is 13.0. The SMILES string of the molecule is Cc1ccc(C(=O)NCc2cccs2)n1C. The topological polar surface area (TPSA) is 34.0 Å². The Hall–Kier alpha value is -1.55. The van der Waals surface area contributed by atoms with Crippen molar-refractivity contribution in [3.05, 3.63) is 45.9 Å². The summed E-state index contributed by atoms with van der Waals surface area (Å²) in [5.74, 6) is -0.0241. The van der Waals surface area contributed by atoms with Gasteiger partial charge in [0, 0.05) is 17.6 Å². The molecule has 0 aliphatic heterocycles. The van der Waals surface area contributed by atoms with Crippen molar-refractivity contribution in [1.82, 2.24) is 9.88 Å². The lowest BCUT2D eigenvalue weighted by Crippen LogP contribution is -2.24. The number of aromatic nitrogens is 1. The standard InChI is InChI=1S/C12H14N2OS/c1-9-5-6-11(14(9)2)12(15)13-8-10-4-3-7-16-10/h3-7H,8H2,1-2H3,(H,13,15). The maximum atomic E-state index is 11.8. The molecule has 16 heavy (non-hydrogen) atoms. The predicted octanol–water partition coefficient (Wildman–Crippen LogP) is 2.33. The van der Waals surface area contributed by atoms with Crippen molar-refractivity contribution in [3.8, 4) is 0 Å². The number of rotatable bonds is 3. The quantitative estimate of drug-likeness (QED) is 0.869. The number of amides is 1. The van der Waals surface area contributed by atoms with E-state index in [1.807, 2.05) is 48.2 Å². The Labute approximate surface area is 98.7 Å². The first-order valence-corrected chi connectivity index (χ1v) is 5.99. The van der Waals surface area contributed by atoms with Gasteiger partial charge in [0.25, 0.3) is 5.91 Å². The van der Waals surface area contributed by atoms with Crippen LogP contribution in [0.1, 0.15) is 21.1 Å². The van der Waals surface area contributed by atoms with Crippen molar-refractivity contribution in [1.29, 1.82) is 0 Å². The van der Waals surface area contributed by atoms with Gasteiger partial charge in [0.15, 0.2) is 0 Å². The van der Waals surface area contributed by atoms with Crippen molar-refractivity contribution in [2.75, 3.05) is 0 Å². The molecule has 0 spiro atoms. The zero-order valence-electron chi connectivity index (χ0n) is 9.36. The van der Waals surface area contributed by atoms with Crippen LogP contribution in [0.2, 0.25) is 0 Å². The van der Waals surface area contributed by atoms with Crippen molar-refractivity contribution in [2.45, 2.75) is 13.5 Å². The third-order valence-corrected chi connectivity index (χ3v) is 3.49. The van der Waals surface area contributed by atoms with E-state index in [0.29, 0.717) is 12.2 Å². The van der Waals surface area contributed by atoms with E-state index in [-0.39, 0.29) is 5.91 Å². The summed E-state index contributed by atoms with van der Waals surface area (Å²) in [5, 5.41) is 4.91. The highest BCUT2D eigenvalue weighted by Crippen LogP contribution is 2.09. The van der Waals surface area contributed by atoms with Gasteiger partial charge in [-0.1, -0.05) is 6.07 Å². The third-order valence-electron chi connectivity index (χ3n) is 2.61. The molecule has 2 rings (SSSR count). The van der Waals surface area contributed by atoms with Gasteiger partial charge in [-0.2, -0.15) is 0 Å². The Morgan fingerprint density at radius 2 is 2.25 bits per heavy atom. The second-order valence-electron chi connectivity index (χ2n) is 3.68. The molecule has 0 aliphatic carbocycles. The van der Waals surface area contributed by atoms with Crippen molar-refractivity contribution >= 4 is 17.2 Å². The van der Waals surface area contributed by atoms with Gasteiger partial charge in [-0.15, -0.1) is 11.3 Å². The van der Waals surface area contributed by atoms with Gasteiger partial charge >= 0.3 is 0 Å². The molecule has 0 bridgehead atoms. The summed E-state index contributed by atoms with van der Waals surface area (Å²) < 4.78 is 1.89. The molecule has 1 amide bonds. The fourth-order valence-electron chi connectivity index (χ4n) is 1.51. The summed E-state index contributed by atoms with van der Waals surface area (Å²) in [5.41, 5.74) is 1.79. The van der Waals surface area contributed by atoms with Crippen LogP contribution in [-0.4, -0.2) is 10.5 Å². The lowest BCUT2D eigenvalue weighted by atomic mass is 10.4. The number of nitrogens with zero attached hydrogens (tertiary/aromatic N) is 1. The molecule has 0 atom stereocenters. The third kappa shape index (κ3) is 2.17. The molecular formula is C12H14N2OS. The lowest BCUT2D eigenvalue weighted by Gasteiger charge is -2.05. The summed E-state index contributed by atoms with van der Waals surface area (Å²) in [6, 6.07) is 7.79. The fourth-order valence-corrected chi connectivity index (χ4v) is 2.16. The minimum absolute atomic E-state index is 0.0241. The van der Waals surface area contributed by atoms with E-state index in [4.69, 9.17) is 0 Å². The van der Waals surface area contributed by atoms with E-state index in [1.54, 1.807) is 11.3 Å². The molecule has 4 heteroatoms. The van der Waals surface area contributed by atoms with Gasteiger partial charge in [0.05, 0.1) is 6.54 Å². The van der Waals surface area contributed by atoms with Crippen LogP contribution in [0.3, 0.4) is 0 Å². The van der Waals surface area contributed by atoms with Crippen LogP contribution in [0.5, 0.6) is 0 Å². The molecule has 2 aromatic rings. The van der Waals surface area contributed by atoms with Gasteiger partial charge in [-0.25, -0.2) is 0 Å². The zero-order valence-corrected chi connectivity index (χ0v) is 10.2. The molecule has 0 radical (unpaired) electrons. The van der Waals surface area contributed by atoms with Crippen LogP contribution in [0.15, 0.2) is 29.6 Å². The van der Waals surface area contributed by atoms with E-state index in [9.17, 15) is 4.79 Å². The minimum Gasteiger partial charge on any atom is -0.346 e. The molecule has 0 saturated heterocycles. The first kappa shape index (κ1) is 11.0. The number of nitrogens with one attached hydrogen (secondary N) is 1. The summed E-state index contributed by atoms with van der Waals surface area (Å²) in [7, 11) is 1.90. The molecular weight excluding hydrogens is 220 g/mol. The maximum absolute atomic E-state index is 11.8. The second kappa shape index (κ2) is 4.53. The number of carbonyl (C=O) groups excluding carboxylic acids is 1. The smallest absolute Gasteiger partial charge is 0.268 e. The molecule has 2 heterocycles. The number of hydrogen-bond donors (Lipinski definition) is 1. The van der Waals surface area contributed by atoms with Crippen LogP contribution in [-0.2, 0) is 13.6 Å². The highest BCUT2D eigenvalue weighted by molar-refractivity contribution is 7.09. The zero-order chi connectivity index (χ0) is 11.5. The van der Waals surface area contributed by atoms with Gasteiger partial charge in [0.2, 0.25) is 0 Å². The van der Waals surface area contributed by atoms with Crippen LogP contribution in [0.25, 0.3) is 0 Å². The molecule has 0 fully saturated rings. The van der Waals surface area contributed by atoms with E-state index in [0.717, 1.165) is 5.69 Å². The van der Waals surface area contributed by atoms with Gasteiger partial charge in [-0.3, -0.25) is 4.79 Å². The highest BCUT2D eigenvalue weighted by atomic mass is 32.1. The van der Waals surface area contributed by atoms with E-state index >= 15 is 0 Å². The Morgan fingerprint density at radius 3 is 2.81 bits per heavy atom. The molecule has 84 valence electrons. The summed E-state index contributed by atoms with van der Waals surface area (Å²) in [6.45, 7) is 2.58. The first-order valence-electron chi connectivity index (χ1n) is 5.11. The largest absolute Gasteiger partial charge is 0.346 e.